The monoisotopic (exact) mass is 300 g/mol. The molecule has 3 heteroatoms. The van der Waals surface area contributed by atoms with Crippen molar-refractivity contribution in [1.29, 1.82) is 0 Å². The van der Waals surface area contributed by atoms with Gasteiger partial charge in [-0.05, 0) is 18.2 Å². The number of para-hydroxylation sites is 2. The van der Waals surface area contributed by atoms with Crippen molar-refractivity contribution in [2.24, 2.45) is 0 Å². The number of hydrogen-bond acceptors (Lipinski definition) is 1. The first-order chi connectivity index (χ1) is 11.3. The zero-order valence-electron chi connectivity index (χ0n) is 12.6. The molecular formula is C20H16N2O. The van der Waals surface area contributed by atoms with E-state index in [2.05, 4.69) is 34.8 Å². The van der Waals surface area contributed by atoms with Gasteiger partial charge in [-0.15, -0.1) is 6.58 Å². The van der Waals surface area contributed by atoms with Gasteiger partial charge in [-0.1, -0.05) is 42.5 Å². The van der Waals surface area contributed by atoms with Crippen LogP contribution in [-0.2, 0) is 11.3 Å². The van der Waals surface area contributed by atoms with E-state index in [1.165, 1.54) is 0 Å². The number of nitrogens with one attached hydrogen (secondary N) is 1. The van der Waals surface area contributed by atoms with Crippen LogP contribution in [0.4, 0.5) is 5.69 Å². The highest BCUT2D eigenvalue weighted by atomic mass is 16.2. The normalized spacial score (nSPS) is 15.0. The van der Waals surface area contributed by atoms with Gasteiger partial charge in [-0.2, -0.15) is 0 Å². The standard InChI is InChI=1S/C20H16N2O/c1-2-11-22-13-14(15-7-4-6-10-19(15)22)12-17-16-8-3-5-9-18(16)21-20(17)23/h2-10,12-13H,1,11H2,(H,21,23)/b17-12-. The van der Waals surface area contributed by atoms with Crippen LogP contribution in [-0.4, -0.2) is 10.5 Å². The number of carbonyl (C=O) groups excluding carboxylic acids is 1. The topological polar surface area (TPSA) is 34.0 Å². The summed E-state index contributed by atoms with van der Waals surface area (Å²) >= 11 is 0. The first kappa shape index (κ1) is 13.6. The minimum atomic E-state index is -0.0493. The van der Waals surface area contributed by atoms with Gasteiger partial charge in [0.2, 0.25) is 0 Å². The zero-order valence-corrected chi connectivity index (χ0v) is 12.6. The molecule has 23 heavy (non-hydrogen) atoms. The fraction of sp³-hybridized carbons (Fsp3) is 0.0500. The summed E-state index contributed by atoms with van der Waals surface area (Å²) in [6, 6.07) is 16.0. The van der Waals surface area contributed by atoms with Gasteiger partial charge in [-0.25, -0.2) is 0 Å². The van der Waals surface area contributed by atoms with Crippen molar-refractivity contribution in [2.75, 3.05) is 5.32 Å². The van der Waals surface area contributed by atoms with Gasteiger partial charge in [0.1, 0.15) is 0 Å². The summed E-state index contributed by atoms with van der Waals surface area (Å²) in [4.78, 5) is 12.3. The molecule has 0 spiro atoms. The van der Waals surface area contributed by atoms with E-state index in [1.807, 2.05) is 48.6 Å². The Balaban J connectivity index is 1.91. The van der Waals surface area contributed by atoms with Crippen molar-refractivity contribution in [3.05, 3.63) is 78.5 Å². The predicted octanol–water partition coefficient (Wildman–Crippen LogP) is 4.32. The van der Waals surface area contributed by atoms with Crippen molar-refractivity contribution >= 4 is 34.1 Å². The summed E-state index contributed by atoms with van der Waals surface area (Å²) in [6.45, 7) is 4.56. The highest BCUT2D eigenvalue weighted by Gasteiger charge is 2.23. The zero-order chi connectivity index (χ0) is 15.8. The molecule has 0 aliphatic carbocycles. The van der Waals surface area contributed by atoms with Crippen molar-refractivity contribution in [1.82, 2.24) is 4.57 Å². The molecule has 0 atom stereocenters. The molecule has 1 aliphatic rings. The van der Waals surface area contributed by atoms with Crippen LogP contribution in [0.2, 0.25) is 0 Å². The summed E-state index contributed by atoms with van der Waals surface area (Å²) in [5.74, 6) is -0.0493. The number of rotatable bonds is 3. The van der Waals surface area contributed by atoms with E-state index in [0.717, 1.165) is 34.3 Å². The van der Waals surface area contributed by atoms with Crippen molar-refractivity contribution in [3.8, 4) is 0 Å². The molecule has 4 rings (SSSR count). The third-order valence-electron chi connectivity index (χ3n) is 4.16. The Morgan fingerprint density at radius 3 is 2.74 bits per heavy atom. The van der Waals surface area contributed by atoms with E-state index in [9.17, 15) is 4.79 Å². The lowest BCUT2D eigenvalue weighted by molar-refractivity contribution is -0.110. The van der Waals surface area contributed by atoms with E-state index in [1.54, 1.807) is 0 Å². The fourth-order valence-corrected chi connectivity index (χ4v) is 3.12. The molecule has 3 nitrogen and oxygen atoms in total. The minimum Gasteiger partial charge on any atom is -0.343 e. The average molecular weight is 300 g/mol. The molecule has 1 aliphatic heterocycles. The lowest BCUT2D eigenvalue weighted by Gasteiger charge is -1.98. The molecule has 0 saturated heterocycles. The maximum Gasteiger partial charge on any atom is 0.256 e. The Hall–Kier alpha value is -3.07. The van der Waals surface area contributed by atoms with Gasteiger partial charge in [0, 0.05) is 46.0 Å². The summed E-state index contributed by atoms with van der Waals surface area (Å²) < 4.78 is 2.15. The van der Waals surface area contributed by atoms with Gasteiger partial charge in [0.15, 0.2) is 0 Å². The second kappa shape index (κ2) is 5.29. The molecule has 0 saturated carbocycles. The highest BCUT2D eigenvalue weighted by molar-refractivity contribution is 6.35. The predicted molar refractivity (Wildman–Crippen MR) is 95.1 cm³/mol. The molecule has 3 aromatic rings. The van der Waals surface area contributed by atoms with E-state index < -0.39 is 0 Å². The van der Waals surface area contributed by atoms with Gasteiger partial charge in [0.05, 0.1) is 0 Å². The van der Waals surface area contributed by atoms with Crippen molar-refractivity contribution in [3.63, 3.8) is 0 Å². The first-order valence-electron chi connectivity index (χ1n) is 7.59. The molecule has 2 heterocycles. The lowest BCUT2D eigenvalue weighted by Crippen LogP contribution is -2.03. The number of allylic oxidation sites excluding steroid dienone is 1. The Morgan fingerprint density at radius 2 is 1.87 bits per heavy atom. The van der Waals surface area contributed by atoms with E-state index in [0.29, 0.717) is 5.57 Å². The quantitative estimate of drug-likeness (QED) is 0.567. The van der Waals surface area contributed by atoms with Crippen molar-refractivity contribution in [2.45, 2.75) is 6.54 Å². The number of aromatic nitrogens is 1. The summed E-state index contributed by atoms with van der Waals surface area (Å²) in [5, 5.41) is 4.06. The fourth-order valence-electron chi connectivity index (χ4n) is 3.12. The molecule has 0 fully saturated rings. The first-order valence-corrected chi connectivity index (χ1v) is 7.59. The molecular weight excluding hydrogens is 284 g/mol. The third-order valence-corrected chi connectivity index (χ3v) is 4.16. The summed E-state index contributed by atoms with van der Waals surface area (Å²) in [5.41, 5.74) is 4.73. The Labute approximate surface area is 134 Å². The Morgan fingerprint density at radius 1 is 1.09 bits per heavy atom. The van der Waals surface area contributed by atoms with Crippen LogP contribution in [0.1, 0.15) is 11.1 Å². The highest BCUT2D eigenvalue weighted by Crippen LogP contribution is 2.34. The SMILES string of the molecule is C=CCn1cc(/C=C2\C(=O)Nc3ccccc32)c2ccccc21. The second-order valence-corrected chi connectivity index (χ2v) is 5.60. The molecule has 1 amide bonds. The molecule has 0 radical (unpaired) electrons. The van der Waals surface area contributed by atoms with Crippen LogP contribution in [0.3, 0.4) is 0 Å². The maximum absolute atomic E-state index is 12.3. The van der Waals surface area contributed by atoms with Gasteiger partial charge in [0.25, 0.3) is 5.91 Å². The molecule has 0 bridgehead atoms. The minimum absolute atomic E-state index is 0.0493. The number of carbonyl (C=O) groups is 1. The molecule has 0 unspecified atom stereocenters. The summed E-state index contributed by atoms with van der Waals surface area (Å²) in [6.07, 6.45) is 5.93. The molecule has 1 aromatic heterocycles. The van der Waals surface area contributed by atoms with Gasteiger partial charge < -0.3 is 9.88 Å². The van der Waals surface area contributed by atoms with E-state index in [-0.39, 0.29) is 5.91 Å². The van der Waals surface area contributed by atoms with Crippen LogP contribution in [0.15, 0.2) is 67.4 Å². The summed E-state index contributed by atoms with van der Waals surface area (Å²) in [7, 11) is 0. The molecule has 2 aromatic carbocycles. The number of amides is 1. The lowest BCUT2D eigenvalue weighted by atomic mass is 10.0. The maximum atomic E-state index is 12.3. The van der Waals surface area contributed by atoms with Crippen molar-refractivity contribution < 1.29 is 4.79 Å². The Bertz CT molecular complexity index is 963. The smallest absolute Gasteiger partial charge is 0.256 e. The number of nitrogens with zero attached hydrogens (tertiary/aromatic N) is 1. The van der Waals surface area contributed by atoms with Crippen LogP contribution in [0.25, 0.3) is 22.6 Å². The molecule has 1 N–H and O–H groups in total. The molecule has 112 valence electrons. The largest absolute Gasteiger partial charge is 0.343 e. The number of anilines is 1. The van der Waals surface area contributed by atoms with Crippen LogP contribution in [0, 0.1) is 0 Å². The van der Waals surface area contributed by atoms with Crippen LogP contribution >= 0.6 is 0 Å². The van der Waals surface area contributed by atoms with Gasteiger partial charge in [-0.3, -0.25) is 4.79 Å². The number of hydrogen-bond donors (Lipinski definition) is 1. The van der Waals surface area contributed by atoms with Crippen LogP contribution in [0.5, 0.6) is 0 Å². The van der Waals surface area contributed by atoms with Gasteiger partial charge >= 0.3 is 0 Å². The van der Waals surface area contributed by atoms with E-state index in [4.69, 9.17) is 0 Å². The number of fused-ring (bicyclic) bond motifs is 2. The third kappa shape index (κ3) is 2.18. The second-order valence-electron chi connectivity index (χ2n) is 5.60. The number of benzene rings is 2. The average Bonchev–Trinajstić information content (AvgIpc) is 3.07. The van der Waals surface area contributed by atoms with Crippen LogP contribution < -0.4 is 5.32 Å². The Kier molecular flexibility index (Phi) is 3.12. The van der Waals surface area contributed by atoms with E-state index >= 15 is 0 Å².